The van der Waals surface area contributed by atoms with Crippen LogP contribution in [-0.2, 0) is 0 Å². The summed E-state index contributed by atoms with van der Waals surface area (Å²) in [5, 5.41) is 9.54. The summed E-state index contributed by atoms with van der Waals surface area (Å²) in [5.74, 6) is 1.39. The summed E-state index contributed by atoms with van der Waals surface area (Å²) in [7, 11) is 0. The minimum absolute atomic E-state index is 0.153. The van der Waals surface area contributed by atoms with Gasteiger partial charge in [-0.2, -0.15) is 0 Å². The molecule has 0 unspecified atom stereocenters. The summed E-state index contributed by atoms with van der Waals surface area (Å²) in [5.41, 5.74) is 1.04. The number of para-hydroxylation sites is 3. The Morgan fingerprint density at radius 2 is 1.47 bits per heavy atom. The summed E-state index contributed by atoms with van der Waals surface area (Å²) in [6, 6.07) is 14.6. The molecule has 0 radical (unpaired) electrons. The van der Waals surface area contributed by atoms with Crippen molar-refractivity contribution < 1.29 is 9.84 Å². The molecule has 1 N–H and O–H groups in total. The Bertz CT molecular complexity index is 420. The van der Waals surface area contributed by atoms with Crippen molar-refractivity contribution in [1.82, 2.24) is 0 Å². The van der Waals surface area contributed by atoms with Gasteiger partial charge in [-0.25, -0.2) is 0 Å². The predicted octanol–water partition coefficient (Wildman–Crippen LogP) is 3.49. The summed E-state index contributed by atoms with van der Waals surface area (Å²) >= 11 is 0. The third-order valence-corrected chi connectivity index (χ3v) is 2.18. The van der Waals surface area contributed by atoms with E-state index < -0.39 is 0 Å². The molecule has 0 spiro atoms. The monoisotopic (exact) mass is 200 g/mol. The van der Waals surface area contributed by atoms with E-state index in [1.54, 1.807) is 18.2 Å². The zero-order chi connectivity index (χ0) is 10.7. The Labute approximate surface area is 88.8 Å². The first kappa shape index (κ1) is 9.59. The van der Waals surface area contributed by atoms with Crippen LogP contribution >= 0.6 is 0 Å². The molecule has 2 heteroatoms. The van der Waals surface area contributed by atoms with Crippen molar-refractivity contribution in [2.24, 2.45) is 0 Å². The van der Waals surface area contributed by atoms with Gasteiger partial charge in [-0.3, -0.25) is 0 Å². The van der Waals surface area contributed by atoms with Crippen molar-refractivity contribution in [2.45, 2.75) is 6.92 Å². The van der Waals surface area contributed by atoms with E-state index in [1.165, 1.54) is 0 Å². The Morgan fingerprint density at radius 3 is 2.13 bits per heavy atom. The second-order valence-electron chi connectivity index (χ2n) is 3.34. The van der Waals surface area contributed by atoms with E-state index in [9.17, 15) is 5.11 Å². The number of aryl methyl sites for hydroxylation is 1. The lowest BCUT2D eigenvalue weighted by Gasteiger charge is -2.09. The van der Waals surface area contributed by atoms with Gasteiger partial charge in [0, 0.05) is 0 Å². The highest BCUT2D eigenvalue weighted by Crippen LogP contribution is 2.31. The van der Waals surface area contributed by atoms with Crippen molar-refractivity contribution in [1.29, 1.82) is 0 Å². The number of aromatic hydroxyl groups is 1. The lowest BCUT2D eigenvalue weighted by molar-refractivity contribution is 0.410. The second-order valence-corrected chi connectivity index (χ2v) is 3.34. The van der Waals surface area contributed by atoms with Gasteiger partial charge in [-0.1, -0.05) is 30.3 Å². The maximum Gasteiger partial charge on any atom is 0.169 e. The van der Waals surface area contributed by atoms with Crippen LogP contribution in [0.3, 0.4) is 0 Å². The fourth-order valence-electron chi connectivity index (χ4n) is 1.33. The van der Waals surface area contributed by atoms with Gasteiger partial charge in [0.15, 0.2) is 11.5 Å². The van der Waals surface area contributed by atoms with Crippen LogP contribution in [0.2, 0.25) is 0 Å². The average Bonchev–Trinajstić information content (AvgIpc) is 2.24. The minimum atomic E-state index is 0.153. The molecule has 0 bridgehead atoms. The summed E-state index contributed by atoms with van der Waals surface area (Å²) in [4.78, 5) is 0. The zero-order valence-electron chi connectivity index (χ0n) is 8.47. The van der Waals surface area contributed by atoms with Crippen molar-refractivity contribution in [3.8, 4) is 17.2 Å². The summed E-state index contributed by atoms with van der Waals surface area (Å²) in [6.07, 6.45) is 0. The fraction of sp³-hybridized carbons (Fsp3) is 0.0769. The molecule has 0 saturated heterocycles. The zero-order valence-corrected chi connectivity index (χ0v) is 8.47. The number of hydrogen-bond acceptors (Lipinski definition) is 2. The van der Waals surface area contributed by atoms with Gasteiger partial charge in [-0.15, -0.1) is 0 Å². The standard InChI is InChI=1S/C13H12O2/c1-10-6-2-4-8-12(10)15-13-9-5-3-7-11(13)14/h2-9,14H,1H3. The molecule has 0 aliphatic rings. The smallest absolute Gasteiger partial charge is 0.169 e. The SMILES string of the molecule is Cc1ccccc1Oc1ccccc1O. The van der Waals surface area contributed by atoms with Crippen LogP contribution in [0.1, 0.15) is 5.56 Å². The maximum atomic E-state index is 9.54. The topological polar surface area (TPSA) is 29.5 Å². The molecule has 0 atom stereocenters. The number of hydrogen-bond donors (Lipinski definition) is 1. The highest BCUT2D eigenvalue weighted by molar-refractivity contribution is 5.43. The molecule has 15 heavy (non-hydrogen) atoms. The Balaban J connectivity index is 2.30. The molecule has 76 valence electrons. The highest BCUT2D eigenvalue weighted by atomic mass is 16.5. The molecule has 2 nitrogen and oxygen atoms in total. The molecule has 2 rings (SSSR count). The first-order valence-corrected chi connectivity index (χ1v) is 4.79. The van der Waals surface area contributed by atoms with Gasteiger partial charge < -0.3 is 9.84 Å². The molecular formula is C13H12O2. The van der Waals surface area contributed by atoms with Crippen LogP contribution in [0.5, 0.6) is 17.2 Å². The molecule has 2 aromatic rings. The second kappa shape index (κ2) is 4.05. The van der Waals surface area contributed by atoms with E-state index >= 15 is 0 Å². The van der Waals surface area contributed by atoms with Crippen LogP contribution < -0.4 is 4.74 Å². The van der Waals surface area contributed by atoms with Crippen LogP contribution in [0, 0.1) is 6.92 Å². The number of benzene rings is 2. The normalized spacial score (nSPS) is 9.93. The molecule has 0 heterocycles. The van der Waals surface area contributed by atoms with Crippen molar-refractivity contribution >= 4 is 0 Å². The molecule has 0 fully saturated rings. The number of rotatable bonds is 2. The lowest BCUT2D eigenvalue weighted by Crippen LogP contribution is -1.86. The lowest BCUT2D eigenvalue weighted by atomic mass is 10.2. The van der Waals surface area contributed by atoms with E-state index in [0.29, 0.717) is 5.75 Å². The molecule has 0 aromatic heterocycles. The summed E-state index contributed by atoms with van der Waals surface area (Å²) in [6.45, 7) is 1.97. The highest BCUT2D eigenvalue weighted by Gasteiger charge is 2.03. The number of phenolic OH excluding ortho intramolecular Hbond substituents is 1. The first-order chi connectivity index (χ1) is 7.27. The van der Waals surface area contributed by atoms with Crippen molar-refractivity contribution in [2.75, 3.05) is 0 Å². The Kier molecular flexibility index (Phi) is 2.59. The minimum Gasteiger partial charge on any atom is -0.504 e. The van der Waals surface area contributed by atoms with Crippen LogP contribution in [0.15, 0.2) is 48.5 Å². The quantitative estimate of drug-likeness (QED) is 0.804. The first-order valence-electron chi connectivity index (χ1n) is 4.79. The van der Waals surface area contributed by atoms with Gasteiger partial charge in [0.2, 0.25) is 0 Å². The largest absolute Gasteiger partial charge is 0.504 e. The van der Waals surface area contributed by atoms with E-state index in [0.717, 1.165) is 11.3 Å². The van der Waals surface area contributed by atoms with E-state index in [2.05, 4.69) is 0 Å². The van der Waals surface area contributed by atoms with E-state index in [-0.39, 0.29) is 5.75 Å². The van der Waals surface area contributed by atoms with Crippen LogP contribution in [0.25, 0.3) is 0 Å². The Morgan fingerprint density at radius 1 is 0.867 bits per heavy atom. The Hall–Kier alpha value is -1.96. The third-order valence-electron chi connectivity index (χ3n) is 2.18. The van der Waals surface area contributed by atoms with Gasteiger partial charge in [0.25, 0.3) is 0 Å². The number of ether oxygens (including phenoxy) is 1. The molecule has 2 aromatic carbocycles. The van der Waals surface area contributed by atoms with Crippen molar-refractivity contribution in [3.63, 3.8) is 0 Å². The van der Waals surface area contributed by atoms with E-state index in [1.807, 2.05) is 37.3 Å². The predicted molar refractivity (Wildman–Crippen MR) is 59.4 cm³/mol. The fourth-order valence-corrected chi connectivity index (χ4v) is 1.33. The maximum absolute atomic E-state index is 9.54. The number of phenols is 1. The molecule has 0 aliphatic carbocycles. The third kappa shape index (κ3) is 2.10. The van der Waals surface area contributed by atoms with Gasteiger partial charge in [0.1, 0.15) is 5.75 Å². The summed E-state index contributed by atoms with van der Waals surface area (Å²) < 4.78 is 5.59. The van der Waals surface area contributed by atoms with Gasteiger partial charge >= 0.3 is 0 Å². The van der Waals surface area contributed by atoms with Crippen LogP contribution in [0.4, 0.5) is 0 Å². The molecule has 0 amide bonds. The molecular weight excluding hydrogens is 188 g/mol. The van der Waals surface area contributed by atoms with E-state index in [4.69, 9.17) is 4.74 Å². The average molecular weight is 200 g/mol. The van der Waals surface area contributed by atoms with Gasteiger partial charge in [0.05, 0.1) is 0 Å². The van der Waals surface area contributed by atoms with Crippen LogP contribution in [-0.4, -0.2) is 5.11 Å². The van der Waals surface area contributed by atoms with Gasteiger partial charge in [-0.05, 0) is 30.7 Å². The molecule has 0 aliphatic heterocycles. The van der Waals surface area contributed by atoms with Crippen molar-refractivity contribution in [3.05, 3.63) is 54.1 Å². The molecule has 0 saturated carbocycles.